The maximum Gasteiger partial charge on any atom is 0.191 e. The summed E-state index contributed by atoms with van der Waals surface area (Å²) in [5.74, 6) is 0.899. The molecule has 1 aliphatic heterocycles. The summed E-state index contributed by atoms with van der Waals surface area (Å²) in [5, 5.41) is 7.32. The van der Waals surface area contributed by atoms with E-state index in [9.17, 15) is 0 Å². The molecule has 1 unspecified atom stereocenters. The number of nitrogens with zero attached hydrogens (tertiary/aromatic N) is 1. The normalized spacial score (nSPS) is 18.8. The molecule has 17 heavy (non-hydrogen) atoms. The van der Waals surface area contributed by atoms with Crippen LogP contribution in [-0.4, -0.2) is 25.1 Å². The van der Waals surface area contributed by atoms with Crippen molar-refractivity contribution in [2.24, 2.45) is 4.99 Å². The minimum absolute atomic E-state index is 0.440. The van der Waals surface area contributed by atoms with Crippen LogP contribution < -0.4 is 10.6 Å². The lowest BCUT2D eigenvalue weighted by molar-refractivity contribution is 0.712. The molecular weight excluding hydrogens is 302 g/mol. The monoisotopic (exact) mass is 315 g/mol. The van der Waals surface area contributed by atoms with Gasteiger partial charge in [0.2, 0.25) is 0 Å². The molecule has 1 atom stereocenters. The Morgan fingerprint density at radius 2 is 2.41 bits per heavy atom. The van der Waals surface area contributed by atoms with Crippen LogP contribution in [0.4, 0.5) is 0 Å². The summed E-state index contributed by atoms with van der Waals surface area (Å²) in [6.07, 6.45) is 0.913. The molecule has 0 amide bonds. The van der Waals surface area contributed by atoms with Crippen LogP contribution in [0.3, 0.4) is 0 Å². The quantitative estimate of drug-likeness (QED) is 0.899. The van der Waals surface area contributed by atoms with Crippen LogP contribution in [0.1, 0.15) is 12.5 Å². The van der Waals surface area contributed by atoms with E-state index in [1.54, 1.807) is 0 Å². The molecule has 0 radical (unpaired) electrons. The van der Waals surface area contributed by atoms with Crippen LogP contribution in [0.25, 0.3) is 0 Å². The number of halogens is 2. The molecule has 0 saturated heterocycles. The SMILES string of the molecule is CC1CN=C(NCCc2cc(Cl)ccc2Br)N1. The highest BCUT2D eigenvalue weighted by Gasteiger charge is 2.11. The maximum atomic E-state index is 5.96. The van der Waals surface area contributed by atoms with Crippen LogP contribution in [0.2, 0.25) is 5.02 Å². The Labute approximate surface area is 115 Å². The number of aliphatic imine (C=N–C) groups is 1. The van der Waals surface area contributed by atoms with Crippen LogP contribution in [0.5, 0.6) is 0 Å². The smallest absolute Gasteiger partial charge is 0.191 e. The Balaban J connectivity index is 1.84. The van der Waals surface area contributed by atoms with Gasteiger partial charge in [-0.25, -0.2) is 0 Å². The van der Waals surface area contributed by atoms with Gasteiger partial charge in [-0.05, 0) is 37.1 Å². The van der Waals surface area contributed by atoms with Gasteiger partial charge in [0.05, 0.1) is 6.54 Å². The first-order chi connectivity index (χ1) is 8.15. The summed E-state index contributed by atoms with van der Waals surface area (Å²) in [6, 6.07) is 6.29. The van der Waals surface area contributed by atoms with Gasteiger partial charge >= 0.3 is 0 Å². The first-order valence-corrected chi connectivity index (χ1v) is 6.81. The Hall–Kier alpha value is -0.740. The molecule has 1 aromatic carbocycles. The Morgan fingerprint density at radius 1 is 1.59 bits per heavy atom. The van der Waals surface area contributed by atoms with Crippen molar-refractivity contribution in [2.45, 2.75) is 19.4 Å². The average Bonchev–Trinajstić information content (AvgIpc) is 2.69. The lowest BCUT2D eigenvalue weighted by Crippen LogP contribution is -2.38. The van der Waals surface area contributed by atoms with Crippen molar-refractivity contribution in [2.75, 3.05) is 13.1 Å². The summed E-state index contributed by atoms with van der Waals surface area (Å²) >= 11 is 9.49. The largest absolute Gasteiger partial charge is 0.356 e. The molecule has 1 aliphatic rings. The zero-order valence-electron chi connectivity index (χ0n) is 9.63. The standard InChI is InChI=1S/C12H15BrClN3/c1-8-7-16-12(17-8)15-5-4-9-6-10(14)2-3-11(9)13/h2-3,6,8H,4-5,7H2,1H3,(H2,15,16,17). The molecule has 1 aromatic rings. The Bertz CT molecular complexity index is 434. The topological polar surface area (TPSA) is 36.4 Å². The second-order valence-electron chi connectivity index (χ2n) is 4.15. The number of guanidine groups is 1. The first-order valence-electron chi connectivity index (χ1n) is 5.64. The van der Waals surface area contributed by atoms with E-state index in [1.807, 2.05) is 18.2 Å². The van der Waals surface area contributed by atoms with Gasteiger partial charge in [0, 0.05) is 22.1 Å². The highest BCUT2D eigenvalue weighted by Crippen LogP contribution is 2.21. The number of benzene rings is 1. The van der Waals surface area contributed by atoms with E-state index < -0.39 is 0 Å². The zero-order valence-corrected chi connectivity index (χ0v) is 12.0. The molecule has 1 heterocycles. The van der Waals surface area contributed by atoms with Gasteiger partial charge in [-0.2, -0.15) is 0 Å². The van der Waals surface area contributed by atoms with Crippen molar-refractivity contribution in [1.82, 2.24) is 10.6 Å². The van der Waals surface area contributed by atoms with Crippen LogP contribution in [0, 0.1) is 0 Å². The molecule has 0 spiro atoms. The Kier molecular flexibility index (Phi) is 4.29. The number of nitrogens with one attached hydrogen (secondary N) is 2. The number of hydrogen-bond acceptors (Lipinski definition) is 3. The molecule has 0 aliphatic carbocycles. The van der Waals surface area contributed by atoms with Crippen molar-refractivity contribution in [3.05, 3.63) is 33.3 Å². The van der Waals surface area contributed by atoms with Gasteiger partial charge in [-0.1, -0.05) is 27.5 Å². The number of hydrogen-bond donors (Lipinski definition) is 2. The van der Waals surface area contributed by atoms with E-state index in [4.69, 9.17) is 11.6 Å². The fourth-order valence-corrected chi connectivity index (χ4v) is 2.35. The van der Waals surface area contributed by atoms with Crippen LogP contribution in [-0.2, 0) is 6.42 Å². The Morgan fingerprint density at radius 3 is 3.12 bits per heavy atom. The molecule has 0 saturated carbocycles. The zero-order chi connectivity index (χ0) is 12.3. The van der Waals surface area contributed by atoms with Crippen molar-refractivity contribution in [3.63, 3.8) is 0 Å². The minimum atomic E-state index is 0.440. The van der Waals surface area contributed by atoms with Gasteiger partial charge in [0.15, 0.2) is 5.96 Å². The molecule has 0 bridgehead atoms. The van der Waals surface area contributed by atoms with Crippen LogP contribution >= 0.6 is 27.5 Å². The van der Waals surface area contributed by atoms with Gasteiger partial charge in [-0.3, -0.25) is 4.99 Å². The van der Waals surface area contributed by atoms with Gasteiger partial charge < -0.3 is 10.6 Å². The second kappa shape index (κ2) is 5.74. The van der Waals surface area contributed by atoms with E-state index in [-0.39, 0.29) is 0 Å². The molecule has 5 heteroatoms. The molecule has 2 N–H and O–H groups in total. The van der Waals surface area contributed by atoms with E-state index in [0.29, 0.717) is 6.04 Å². The van der Waals surface area contributed by atoms with Crippen LogP contribution in [0.15, 0.2) is 27.7 Å². The maximum absolute atomic E-state index is 5.96. The highest BCUT2D eigenvalue weighted by atomic mass is 79.9. The lowest BCUT2D eigenvalue weighted by Gasteiger charge is -2.09. The molecular formula is C12H15BrClN3. The summed E-state index contributed by atoms with van der Waals surface area (Å²) in [4.78, 5) is 4.34. The molecule has 0 fully saturated rings. The third kappa shape index (κ3) is 3.61. The lowest BCUT2D eigenvalue weighted by atomic mass is 10.1. The third-order valence-electron chi connectivity index (χ3n) is 2.60. The predicted molar refractivity (Wildman–Crippen MR) is 75.8 cm³/mol. The summed E-state index contributed by atoms with van der Waals surface area (Å²) in [7, 11) is 0. The van der Waals surface area contributed by atoms with Crippen molar-refractivity contribution in [1.29, 1.82) is 0 Å². The summed E-state index contributed by atoms with van der Waals surface area (Å²) in [6.45, 7) is 3.81. The number of rotatable bonds is 3. The van der Waals surface area contributed by atoms with Crippen molar-refractivity contribution < 1.29 is 0 Å². The fraction of sp³-hybridized carbons (Fsp3) is 0.417. The van der Waals surface area contributed by atoms with Crippen molar-refractivity contribution >= 4 is 33.5 Å². The third-order valence-corrected chi connectivity index (χ3v) is 3.61. The highest BCUT2D eigenvalue weighted by molar-refractivity contribution is 9.10. The van der Waals surface area contributed by atoms with Gasteiger partial charge in [0.1, 0.15) is 0 Å². The van der Waals surface area contributed by atoms with E-state index in [2.05, 4.69) is 38.5 Å². The van der Waals surface area contributed by atoms with E-state index in [0.717, 1.165) is 35.0 Å². The predicted octanol–water partition coefficient (Wildman–Crippen LogP) is 2.58. The van der Waals surface area contributed by atoms with E-state index in [1.165, 1.54) is 5.56 Å². The van der Waals surface area contributed by atoms with Crippen molar-refractivity contribution in [3.8, 4) is 0 Å². The summed E-state index contributed by atoms with van der Waals surface area (Å²) in [5.41, 5.74) is 1.21. The van der Waals surface area contributed by atoms with Gasteiger partial charge in [0.25, 0.3) is 0 Å². The minimum Gasteiger partial charge on any atom is -0.356 e. The average molecular weight is 317 g/mol. The molecule has 3 nitrogen and oxygen atoms in total. The second-order valence-corrected chi connectivity index (χ2v) is 5.44. The fourth-order valence-electron chi connectivity index (χ4n) is 1.71. The van der Waals surface area contributed by atoms with Gasteiger partial charge in [-0.15, -0.1) is 0 Å². The molecule has 0 aromatic heterocycles. The first kappa shape index (κ1) is 12.7. The van der Waals surface area contributed by atoms with E-state index >= 15 is 0 Å². The molecule has 2 rings (SSSR count). The summed E-state index contributed by atoms with van der Waals surface area (Å²) < 4.78 is 1.10. The molecule has 92 valence electrons.